The lowest BCUT2D eigenvalue weighted by molar-refractivity contribution is 0.150. The monoisotopic (exact) mass is 384 g/mol. The van der Waals surface area contributed by atoms with Crippen LogP contribution in [0.25, 0.3) is 11.3 Å². The van der Waals surface area contributed by atoms with Gasteiger partial charge in [0.1, 0.15) is 11.5 Å². The Balaban J connectivity index is 1.55. The van der Waals surface area contributed by atoms with E-state index in [0.29, 0.717) is 5.88 Å². The minimum Gasteiger partial charge on any atom is -0.474 e. The fourth-order valence-electron chi connectivity index (χ4n) is 4.61. The third kappa shape index (κ3) is 2.98. The van der Waals surface area contributed by atoms with Gasteiger partial charge in [0, 0.05) is 43.3 Å². The minimum absolute atomic E-state index is 0.0444. The van der Waals surface area contributed by atoms with E-state index in [4.69, 9.17) is 4.74 Å². The number of carbonyl (C=O) groups is 1. The molecule has 0 aliphatic carbocycles. The molecule has 1 atom stereocenters. The van der Waals surface area contributed by atoms with Gasteiger partial charge in [0.2, 0.25) is 5.88 Å². The number of hydrogen-bond donors (Lipinski definition) is 0. The smallest absolute Gasteiger partial charge is 0.348 e. The predicted octanol–water partition coefficient (Wildman–Crippen LogP) is 3.15. The Morgan fingerprint density at radius 3 is 2.61 bits per heavy atom. The molecule has 1 aromatic carbocycles. The number of rotatable bonds is 1. The average Bonchev–Trinajstić information content (AvgIpc) is 2.84. The third-order valence-corrected chi connectivity index (χ3v) is 6.25. The van der Waals surface area contributed by atoms with Gasteiger partial charge in [0.05, 0.1) is 6.10 Å². The number of carbonyl (C=O) groups excluding carboxylic acids is 1. The van der Waals surface area contributed by atoms with E-state index in [1.54, 1.807) is 12.1 Å². The average molecular weight is 384 g/mol. The summed E-state index contributed by atoms with van der Waals surface area (Å²) in [5.74, 6) is 0.274. The zero-order valence-electron chi connectivity index (χ0n) is 16.1. The van der Waals surface area contributed by atoms with Gasteiger partial charge < -0.3 is 14.5 Å². The molecule has 0 spiro atoms. The summed E-state index contributed by atoms with van der Waals surface area (Å²) in [6.07, 6.45) is 3.74. The van der Waals surface area contributed by atoms with Crippen molar-refractivity contribution in [2.24, 2.45) is 0 Å². The normalized spacial score (nSPS) is 26.5. The maximum Gasteiger partial charge on any atom is 0.348 e. The number of benzene rings is 1. The largest absolute Gasteiger partial charge is 0.474 e. The van der Waals surface area contributed by atoms with Crippen LogP contribution in [0.15, 0.2) is 24.3 Å². The Labute approximate surface area is 163 Å². The van der Waals surface area contributed by atoms with Crippen LogP contribution in [0.2, 0.25) is 0 Å². The Hall–Kier alpha value is -2.41. The number of aromatic nitrogens is 2. The Bertz CT molecular complexity index is 887. The lowest BCUT2D eigenvalue weighted by Gasteiger charge is -2.31. The molecular formula is C21H25FN4O2. The second kappa shape index (κ2) is 6.88. The quantitative estimate of drug-likeness (QED) is 0.758. The highest BCUT2D eigenvalue weighted by atomic mass is 19.1. The topological polar surface area (TPSA) is 50.6 Å². The standard InChI is InChI=1S/C21H25FN4O2/c1-14-2-7-18-19(15-3-5-16(22)6-4-15)23-26(20(18)28-14)21(27)25-13-12-24-10-8-17(25)9-11-24/h3-6,14,17H,2,7-13H2,1H3/t14-/m0/s1. The van der Waals surface area contributed by atoms with Crippen molar-refractivity contribution in [1.29, 1.82) is 0 Å². The van der Waals surface area contributed by atoms with Crippen LogP contribution in [0.1, 0.15) is 31.7 Å². The van der Waals surface area contributed by atoms with Gasteiger partial charge in [-0.1, -0.05) is 0 Å². The summed E-state index contributed by atoms with van der Waals surface area (Å²) < 4.78 is 20.9. The maximum atomic E-state index is 13.5. The van der Waals surface area contributed by atoms with Crippen molar-refractivity contribution in [2.75, 3.05) is 26.2 Å². The molecule has 1 amide bonds. The predicted molar refractivity (Wildman–Crippen MR) is 103 cm³/mol. The lowest BCUT2D eigenvalue weighted by atomic mass is 10.0. The molecule has 0 unspecified atom stereocenters. The van der Waals surface area contributed by atoms with E-state index in [1.807, 2.05) is 11.8 Å². The molecule has 0 saturated carbocycles. The van der Waals surface area contributed by atoms with Gasteiger partial charge in [-0.05, 0) is 56.9 Å². The van der Waals surface area contributed by atoms with Crippen molar-refractivity contribution in [1.82, 2.24) is 19.6 Å². The van der Waals surface area contributed by atoms with Gasteiger partial charge in [-0.25, -0.2) is 9.18 Å². The first-order chi connectivity index (χ1) is 13.6. The second-order valence-corrected chi connectivity index (χ2v) is 8.07. The van der Waals surface area contributed by atoms with E-state index in [1.165, 1.54) is 16.8 Å². The molecule has 6 nitrogen and oxygen atoms in total. The van der Waals surface area contributed by atoms with Gasteiger partial charge in [0.15, 0.2) is 0 Å². The van der Waals surface area contributed by atoms with E-state index in [-0.39, 0.29) is 24.0 Å². The summed E-state index contributed by atoms with van der Waals surface area (Å²) in [6.45, 7) is 5.76. The second-order valence-electron chi connectivity index (χ2n) is 8.07. The molecule has 5 heterocycles. The first-order valence-electron chi connectivity index (χ1n) is 10.2. The Morgan fingerprint density at radius 2 is 1.86 bits per heavy atom. The molecule has 2 aromatic rings. The van der Waals surface area contributed by atoms with Gasteiger partial charge in [-0.3, -0.25) is 0 Å². The molecule has 4 aliphatic heterocycles. The van der Waals surface area contributed by atoms with E-state index in [9.17, 15) is 9.18 Å². The Morgan fingerprint density at radius 1 is 1.11 bits per heavy atom. The number of nitrogens with zero attached hydrogens (tertiary/aromatic N) is 4. The third-order valence-electron chi connectivity index (χ3n) is 6.25. The van der Waals surface area contributed by atoms with Gasteiger partial charge >= 0.3 is 6.03 Å². The zero-order chi connectivity index (χ0) is 19.3. The summed E-state index contributed by atoms with van der Waals surface area (Å²) in [7, 11) is 0. The van der Waals surface area contributed by atoms with Crippen LogP contribution >= 0.6 is 0 Å². The number of fused-ring (bicyclic) bond motifs is 5. The number of amides is 1. The summed E-state index contributed by atoms with van der Waals surface area (Å²) in [6, 6.07) is 6.44. The molecule has 28 heavy (non-hydrogen) atoms. The summed E-state index contributed by atoms with van der Waals surface area (Å²) >= 11 is 0. The first kappa shape index (κ1) is 17.7. The highest BCUT2D eigenvalue weighted by Gasteiger charge is 2.36. The van der Waals surface area contributed by atoms with Crippen LogP contribution in [0.5, 0.6) is 5.88 Å². The number of ether oxygens (including phenoxy) is 1. The van der Waals surface area contributed by atoms with Crippen molar-refractivity contribution >= 4 is 6.03 Å². The molecule has 4 aliphatic rings. The van der Waals surface area contributed by atoms with Gasteiger partial charge in [0.25, 0.3) is 0 Å². The van der Waals surface area contributed by atoms with Crippen LogP contribution in [-0.4, -0.2) is 63.9 Å². The SMILES string of the molecule is C[C@H]1CCc2c(-c3ccc(F)cc3)nn(C(=O)N3CCN4CCC3CC4)c2O1. The molecule has 1 aromatic heterocycles. The maximum absolute atomic E-state index is 13.5. The zero-order valence-corrected chi connectivity index (χ0v) is 16.1. The van der Waals surface area contributed by atoms with Crippen molar-refractivity contribution in [3.63, 3.8) is 0 Å². The molecule has 3 saturated heterocycles. The lowest BCUT2D eigenvalue weighted by Crippen LogP contribution is -2.44. The minimum atomic E-state index is -0.284. The molecule has 6 rings (SSSR count). The molecule has 148 valence electrons. The van der Waals surface area contributed by atoms with Crippen LogP contribution in [0.4, 0.5) is 9.18 Å². The fraction of sp³-hybridized carbons (Fsp3) is 0.524. The van der Waals surface area contributed by atoms with Crippen molar-refractivity contribution in [2.45, 2.75) is 44.8 Å². The van der Waals surface area contributed by atoms with E-state index in [2.05, 4.69) is 10.00 Å². The number of halogens is 1. The van der Waals surface area contributed by atoms with Crippen LogP contribution < -0.4 is 4.74 Å². The highest BCUT2D eigenvalue weighted by Crippen LogP contribution is 2.36. The number of hydrogen-bond acceptors (Lipinski definition) is 4. The van der Waals surface area contributed by atoms with Crippen LogP contribution in [0, 0.1) is 5.82 Å². The number of piperidine rings is 1. The van der Waals surface area contributed by atoms with Crippen LogP contribution in [-0.2, 0) is 6.42 Å². The molecule has 0 N–H and O–H groups in total. The Kier molecular flexibility index (Phi) is 4.34. The molecule has 0 radical (unpaired) electrons. The summed E-state index contributed by atoms with van der Waals surface area (Å²) in [5.41, 5.74) is 2.48. The van der Waals surface area contributed by atoms with E-state index >= 15 is 0 Å². The fourth-order valence-corrected chi connectivity index (χ4v) is 4.61. The van der Waals surface area contributed by atoms with Crippen molar-refractivity contribution < 1.29 is 13.9 Å². The van der Waals surface area contributed by atoms with Crippen molar-refractivity contribution in [3.8, 4) is 17.1 Å². The molecule has 2 bridgehead atoms. The summed E-state index contributed by atoms with van der Waals surface area (Å²) in [4.78, 5) is 17.9. The molecule has 7 heteroatoms. The van der Waals surface area contributed by atoms with E-state index < -0.39 is 0 Å². The van der Waals surface area contributed by atoms with E-state index in [0.717, 1.165) is 68.7 Å². The van der Waals surface area contributed by atoms with Crippen molar-refractivity contribution in [3.05, 3.63) is 35.6 Å². The molecular weight excluding hydrogens is 359 g/mol. The molecule has 3 fully saturated rings. The summed E-state index contributed by atoms with van der Waals surface area (Å²) in [5, 5.41) is 4.68. The first-order valence-corrected chi connectivity index (χ1v) is 10.2. The van der Waals surface area contributed by atoms with Gasteiger partial charge in [-0.2, -0.15) is 5.10 Å². The highest BCUT2D eigenvalue weighted by molar-refractivity contribution is 5.81. The van der Waals surface area contributed by atoms with Gasteiger partial charge in [-0.15, -0.1) is 4.68 Å². The van der Waals surface area contributed by atoms with Crippen LogP contribution in [0.3, 0.4) is 0 Å².